The molecule has 3 aliphatic rings. The Morgan fingerprint density at radius 2 is 1.15 bits per heavy atom. The molecule has 11 rings (SSSR count). The Morgan fingerprint density at radius 1 is 0.630 bits per heavy atom. The van der Waals surface area contributed by atoms with Crippen LogP contribution >= 0.6 is 0 Å². The summed E-state index contributed by atoms with van der Waals surface area (Å²) in [5, 5.41) is 35.1. The summed E-state index contributed by atoms with van der Waals surface area (Å²) in [6, 6.07) is 37.3. The van der Waals surface area contributed by atoms with Gasteiger partial charge in [-0.05, 0) is 216 Å². The first-order chi connectivity index (χ1) is 38.8. The molecule has 1 unspecified atom stereocenters. The number of aromatic nitrogens is 6. The number of allylic oxidation sites excluding steroid dienone is 1. The minimum absolute atomic E-state index is 0.0673. The van der Waals surface area contributed by atoms with Crippen molar-refractivity contribution < 1.29 is 18.9 Å². The fourth-order valence-electron chi connectivity index (χ4n) is 11.0. The van der Waals surface area contributed by atoms with Crippen molar-refractivity contribution in [1.82, 2.24) is 39.8 Å². The van der Waals surface area contributed by atoms with E-state index in [4.69, 9.17) is 14.6 Å². The molecular weight excluding hydrogens is 1010 g/mol. The fraction of sp³-hybridized carbons (Fsp3) is 0.364. The lowest BCUT2D eigenvalue weighted by Crippen LogP contribution is -2.41. The molecule has 2 amide bonds. The Hall–Kier alpha value is -8.24. The van der Waals surface area contributed by atoms with Crippen molar-refractivity contribution in [2.45, 2.75) is 146 Å². The van der Waals surface area contributed by atoms with E-state index in [1.54, 1.807) is 6.08 Å². The molecule has 0 saturated carbocycles. The summed E-state index contributed by atoms with van der Waals surface area (Å²) in [5.74, 6) is 0.102. The van der Waals surface area contributed by atoms with Gasteiger partial charge in [0.05, 0.1) is 34.4 Å². The molecule has 5 heterocycles. The van der Waals surface area contributed by atoms with Crippen molar-refractivity contribution in [3.8, 4) is 12.1 Å². The van der Waals surface area contributed by atoms with Gasteiger partial charge in [-0.25, -0.2) is 9.36 Å². The number of nitriles is 2. The van der Waals surface area contributed by atoms with Crippen molar-refractivity contribution in [1.29, 1.82) is 10.5 Å². The monoisotopic (exact) mass is 1080 g/mol. The third-order valence-corrected chi connectivity index (χ3v) is 17.1. The molecule has 2 aromatic heterocycles. The summed E-state index contributed by atoms with van der Waals surface area (Å²) in [7, 11) is -0.379. The molecule has 8 aromatic rings. The van der Waals surface area contributed by atoms with E-state index in [-0.39, 0.29) is 36.1 Å². The third-order valence-electron chi connectivity index (χ3n) is 17.1. The molecule has 3 aliphatic heterocycles. The van der Waals surface area contributed by atoms with Crippen molar-refractivity contribution in [3.63, 3.8) is 0 Å². The van der Waals surface area contributed by atoms with Crippen LogP contribution in [0, 0.1) is 64.2 Å². The van der Waals surface area contributed by atoms with Gasteiger partial charge >= 0.3 is 7.12 Å². The second-order valence-electron chi connectivity index (χ2n) is 22.7. The molecule has 414 valence electrons. The molecule has 1 saturated heterocycles. The topological polar surface area (TPSA) is 168 Å². The summed E-state index contributed by atoms with van der Waals surface area (Å²) < 4.78 is 16.2. The van der Waals surface area contributed by atoms with Gasteiger partial charge < -0.3 is 19.1 Å². The minimum atomic E-state index is -0.379. The first kappa shape index (κ1) is 57.5. The van der Waals surface area contributed by atoms with E-state index in [1.807, 2.05) is 94.5 Å². The largest absolute Gasteiger partial charge is 0.494 e. The molecule has 1 atom stereocenters. The van der Waals surface area contributed by atoms with Crippen LogP contribution in [-0.2, 0) is 48.3 Å². The Morgan fingerprint density at radius 3 is 1.67 bits per heavy atom. The highest BCUT2D eigenvalue weighted by Crippen LogP contribution is 2.38. The van der Waals surface area contributed by atoms with Crippen LogP contribution in [0.2, 0.25) is 0 Å². The van der Waals surface area contributed by atoms with Gasteiger partial charge in [-0.2, -0.15) is 10.5 Å². The van der Waals surface area contributed by atoms with Crippen LogP contribution in [0.1, 0.15) is 147 Å². The number of rotatable bonds is 9. The number of amides is 2. The normalized spacial score (nSPS) is 15.5. The number of benzene rings is 6. The molecule has 6 aromatic carbocycles. The standard InChI is InChI=1S/C30H31N5O.C24H30BNO3.C12H12N4/c1-5-35-28-11-10-26(21(4)29(28)32-33-35)27(12-14-31)23-9-8-22-13-15-34(18-25(22)17-23)30(36)24-7-6-19(2)20(3)16-24;1-16-7-8-19(13-17(16)2)22(27)26-12-11-18-9-10-21(14-20(18)15-26)25-28-23(3,4)24(5,6)29-25;1-3-16-11-7-6-10(5-4-8-13)9(2)12(11)14-15-16/h6-11,16-17,27H,5,12-13,15,18H2,1-4H3;7-10,13-14H,11-12,15H2,1-6H3;4-7H,3H2,1-2H3/b;;5-4+. The summed E-state index contributed by atoms with van der Waals surface area (Å²) in [6.45, 7) is 28.9. The maximum Gasteiger partial charge on any atom is 0.494 e. The number of nitrogens with zero attached hydrogens (tertiary/aromatic N) is 10. The maximum atomic E-state index is 13.3. The van der Waals surface area contributed by atoms with Crippen molar-refractivity contribution in [3.05, 3.63) is 187 Å². The number of aryl methyl sites for hydroxylation is 8. The third kappa shape index (κ3) is 11.8. The van der Waals surface area contributed by atoms with Crippen molar-refractivity contribution in [2.75, 3.05) is 13.1 Å². The van der Waals surface area contributed by atoms with Gasteiger partial charge in [0.15, 0.2) is 0 Å². The predicted molar refractivity (Wildman–Crippen MR) is 320 cm³/mol. The molecule has 0 spiro atoms. The highest BCUT2D eigenvalue weighted by atomic mass is 16.7. The second-order valence-corrected chi connectivity index (χ2v) is 22.7. The molecule has 0 bridgehead atoms. The molecule has 81 heavy (non-hydrogen) atoms. The number of fused-ring (bicyclic) bond motifs is 4. The van der Waals surface area contributed by atoms with Gasteiger partial charge in [0.2, 0.25) is 0 Å². The SMILES string of the molecule is CCn1nnc2c(C)c(/C=C/C#N)ccc21.CCn1nnc2c(C)c(C(CC#N)c3ccc4c(c3)CN(C(=O)c3ccc(C)c(C)c3)CC4)ccc21.Cc1ccc(C(=O)N2CCc3ccc(B4OC(C)(C)C(C)(C)O4)cc3C2)cc1C. The van der Waals surface area contributed by atoms with E-state index >= 15 is 0 Å². The van der Waals surface area contributed by atoms with E-state index in [0.717, 1.165) is 116 Å². The average Bonchev–Trinajstić information content (AvgIpc) is 4.19. The van der Waals surface area contributed by atoms with Gasteiger partial charge in [0, 0.05) is 68.8 Å². The fourth-order valence-corrected chi connectivity index (χ4v) is 11.0. The minimum Gasteiger partial charge on any atom is -0.399 e. The average molecular weight is 1080 g/mol. The van der Waals surface area contributed by atoms with E-state index in [1.165, 1.54) is 33.9 Å². The van der Waals surface area contributed by atoms with Crippen LogP contribution in [0.4, 0.5) is 0 Å². The number of carbonyl (C=O) groups excluding carboxylic acids is 2. The Kier molecular flexibility index (Phi) is 16.9. The van der Waals surface area contributed by atoms with Crippen molar-refractivity contribution >= 4 is 52.5 Å². The number of hydrogen-bond donors (Lipinski definition) is 0. The van der Waals surface area contributed by atoms with E-state index in [9.17, 15) is 14.9 Å². The lowest BCUT2D eigenvalue weighted by molar-refractivity contribution is 0.00578. The Balaban J connectivity index is 0.000000157. The molecule has 14 nitrogen and oxygen atoms in total. The Bertz CT molecular complexity index is 3800. The summed E-state index contributed by atoms with van der Waals surface area (Å²) in [5.41, 5.74) is 20.6. The van der Waals surface area contributed by atoms with Gasteiger partial charge in [-0.3, -0.25) is 9.59 Å². The maximum absolute atomic E-state index is 13.3. The summed E-state index contributed by atoms with van der Waals surface area (Å²) in [4.78, 5) is 30.2. The summed E-state index contributed by atoms with van der Waals surface area (Å²) in [6.07, 6.45) is 5.34. The first-order valence-corrected chi connectivity index (χ1v) is 28.2. The van der Waals surface area contributed by atoms with Gasteiger partial charge in [-0.15, -0.1) is 10.2 Å². The lowest BCUT2D eigenvalue weighted by atomic mass is 9.77. The molecule has 0 aliphatic carbocycles. The quantitative estimate of drug-likeness (QED) is 0.100. The first-order valence-electron chi connectivity index (χ1n) is 28.2. The van der Waals surface area contributed by atoms with Gasteiger partial charge in [0.25, 0.3) is 11.8 Å². The zero-order chi connectivity index (χ0) is 57.9. The van der Waals surface area contributed by atoms with E-state index in [0.29, 0.717) is 26.1 Å². The molecular formula is C66H73BN10O4. The van der Waals surface area contributed by atoms with Crippen LogP contribution in [0.5, 0.6) is 0 Å². The molecule has 0 radical (unpaired) electrons. The second kappa shape index (κ2) is 23.8. The van der Waals surface area contributed by atoms with E-state index in [2.05, 4.69) is 138 Å². The molecule has 1 fully saturated rings. The van der Waals surface area contributed by atoms with Crippen LogP contribution in [0.3, 0.4) is 0 Å². The molecule has 15 heteroatoms. The highest BCUT2D eigenvalue weighted by Gasteiger charge is 2.52. The van der Waals surface area contributed by atoms with Gasteiger partial charge in [0.1, 0.15) is 11.0 Å². The van der Waals surface area contributed by atoms with Crippen LogP contribution in [0.15, 0.2) is 103 Å². The van der Waals surface area contributed by atoms with Gasteiger partial charge in [-0.1, -0.05) is 71.1 Å². The van der Waals surface area contributed by atoms with Crippen molar-refractivity contribution in [2.24, 2.45) is 0 Å². The van der Waals surface area contributed by atoms with E-state index < -0.39 is 0 Å². The number of hydrogen-bond acceptors (Lipinski definition) is 10. The van der Waals surface area contributed by atoms with Crippen LogP contribution in [-0.4, -0.2) is 83.0 Å². The predicted octanol–water partition coefficient (Wildman–Crippen LogP) is 11.7. The highest BCUT2D eigenvalue weighted by molar-refractivity contribution is 6.62. The lowest BCUT2D eigenvalue weighted by Gasteiger charge is -2.32. The Labute approximate surface area is 477 Å². The van der Waals surface area contributed by atoms with Crippen LogP contribution in [0.25, 0.3) is 28.1 Å². The van der Waals surface area contributed by atoms with Crippen LogP contribution < -0.4 is 5.46 Å². The number of carbonyl (C=O) groups is 2. The molecule has 0 N–H and O–H groups in total. The zero-order valence-corrected chi connectivity index (χ0v) is 49.0. The smallest absolute Gasteiger partial charge is 0.399 e. The summed E-state index contributed by atoms with van der Waals surface area (Å²) >= 11 is 0. The zero-order valence-electron chi connectivity index (χ0n) is 49.0.